The Morgan fingerprint density at radius 2 is 1.50 bits per heavy atom. The number of nitrogens with two attached hydrogens (primary N) is 2. The molecule has 0 spiro atoms. The highest BCUT2D eigenvalue weighted by Crippen LogP contribution is 2.39. The average Bonchev–Trinajstić information content (AvgIpc) is 2.62. The van der Waals surface area contributed by atoms with Crippen LogP contribution < -0.4 is 16.0 Å². The number of hydrogen-bond acceptors (Lipinski definition) is 4. The number of phosphoric ester groups is 1. The van der Waals surface area contributed by atoms with Crippen molar-refractivity contribution in [2.45, 2.75) is 0 Å². The summed E-state index contributed by atoms with van der Waals surface area (Å²) >= 11 is 3.38. The van der Waals surface area contributed by atoms with Crippen LogP contribution in [0.2, 0.25) is 0 Å². The minimum Gasteiger partial charge on any atom is -0.404 e. The number of halogens is 1. The van der Waals surface area contributed by atoms with E-state index in [1.54, 1.807) is 18.2 Å². The molecule has 0 bridgehead atoms. The second kappa shape index (κ2) is 7.77. The summed E-state index contributed by atoms with van der Waals surface area (Å²) in [4.78, 5) is 29.7. The lowest BCUT2D eigenvalue weighted by Gasteiger charge is -2.14. The molecule has 0 atom stereocenters. The topological polar surface area (TPSA) is 136 Å². The van der Waals surface area contributed by atoms with Gasteiger partial charge in [0.15, 0.2) is 0 Å². The first-order valence-corrected chi connectivity index (χ1v) is 10.3. The zero-order chi connectivity index (χ0) is 20.5. The van der Waals surface area contributed by atoms with Gasteiger partial charge < -0.3 is 16.0 Å². The van der Waals surface area contributed by atoms with E-state index in [4.69, 9.17) is 21.3 Å². The maximum Gasteiger partial charge on any atom is 0.524 e. The molecule has 7 nitrogen and oxygen atoms in total. The number of benzene rings is 3. The Morgan fingerprint density at radius 3 is 2.04 bits per heavy atom. The predicted molar refractivity (Wildman–Crippen MR) is 111 cm³/mol. The van der Waals surface area contributed by atoms with E-state index in [0.29, 0.717) is 11.1 Å². The molecule has 0 saturated carbocycles. The van der Waals surface area contributed by atoms with Crippen LogP contribution in [0, 0.1) is 0 Å². The zero-order valence-electron chi connectivity index (χ0n) is 14.4. The summed E-state index contributed by atoms with van der Waals surface area (Å²) in [5.74, 6) is -0.644. The fraction of sp³-hybridized carbons (Fsp3) is 0. The molecule has 0 aliphatic carbocycles. The molecule has 9 heteroatoms. The maximum absolute atomic E-state index is 11.9. The largest absolute Gasteiger partial charge is 0.524 e. The van der Waals surface area contributed by atoms with Crippen molar-refractivity contribution in [3.8, 4) is 28.0 Å². The van der Waals surface area contributed by atoms with Crippen LogP contribution >= 0.6 is 23.8 Å². The van der Waals surface area contributed by atoms with Gasteiger partial charge in [-0.2, -0.15) is 0 Å². The highest BCUT2D eigenvalue weighted by atomic mass is 79.9. The van der Waals surface area contributed by atoms with E-state index in [0.717, 1.165) is 15.6 Å². The van der Waals surface area contributed by atoms with Crippen molar-refractivity contribution in [3.63, 3.8) is 0 Å². The number of carbonyl (C=O) groups is 1. The van der Waals surface area contributed by atoms with Crippen LogP contribution in [-0.4, -0.2) is 15.7 Å². The molecule has 3 aromatic rings. The molecule has 3 rings (SSSR count). The Labute approximate surface area is 169 Å². The number of carbonyl (C=O) groups excluding carboxylic acids is 1. The van der Waals surface area contributed by atoms with Crippen molar-refractivity contribution < 1.29 is 23.7 Å². The smallest absolute Gasteiger partial charge is 0.404 e. The fourth-order valence-corrected chi connectivity index (χ4v) is 3.40. The first-order chi connectivity index (χ1) is 13.1. The summed E-state index contributed by atoms with van der Waals surface area (Å²) in [6, 6.07) is 17.0. The quantitative estimate of drug-likeness (QED) is 0.334. The lowest BCUT2D eigenvalue weighted by Crippen LogP contribution is -2.14. The third kappa shape index (κ3) is 4.61. The molecule has 0 fully saturated rings. The summed E-state index contributed by atoms with van der Waals surface area (Å²) in [5, 5.41) is 0. The molecular formula is C19H16BrN2O5P. The second-order valence-corrected chi connectivity index (χ2v) is 8.04. The van der Waals surface area contributed by atoms with Crippen molar-refractivity contribution in [3.05, 3.63) is 70.7 Å². The lowest BCUT2D eigenvalue weighted by atomic mass is 9.94. The van der Waals surface area contributed by atoms with Crippen molar-refractivity contribution in [1.82, 2.24) is 0 Å². The maximum atomic E-state index is 11.9. The number of amides is 1. The fourth-order valence-electron chi connectivity index (χ4n) is 2.74. The average molecular weight is 463 g/mol. The first-order valence-electron chi connectivity index (χ1n) is 7.99. The molecule has 144 valence electrons. The Kier molecular flexibility index (Phi) is 5.58. The second-order valence-electron chi connectivity index (χ2n) is 5.96. The van der Waals surface area contributed by atoms with Crippen LogP contribution in [0.15, 0.2) is 65.1 Å². The van der Waals surface area contributed by atoms with Gasteiger partial charge >= 0.3 is 7.82 Å². The lowest BCUT2D eigenvalue weighted by molar-refractivity contribution is 0.100. The van der Waals surface area contributed by atoms with Crippen LogP contribution in [0.3, 0.4) is 0 Å². The van der Waals surface area contributed by atoms with Crippen molar-refractivity contribution in [2.24, 2.45) is 5.73 Å². The van der Waals surface area contributed by atoms with Gasteiger partial charge in [0.05, 0.1) is 11.3 Å². The van der Waals surface area contributed by atoms with Crippen LogP contribution in [0.5, 0.6) is 5.75 Å². The molecule has 0 saturated heterocycles. The van der Waals surface area contributed by atoms with Gasteiger partial charge in [0.25, 0.3) is 5.91 Å². The van der Waals surface area contributed by atoms with Gasteiger partial charge in [-0.05, 0) is 53.1 Å². The number of nitrogen functional groups attached to an aromatic ring is 1. The van der Waals surface area contributed by atoms with Crippen molar-refractivity contribution in [2.75, 3.05) is 5.73 Å². The van der Waals surface area contributed by atoms with E-state index in [-0.39, 0.29) is 17.0 Å². The minimum atomic E-state index is -4.65. The number of anilines is 1. The molecule has 28 heavy (non-hydrogen) atoms. The van der Waals surface area contributed by atoms with E-state index < -0.39 is 13.7 Å². The van der Waals surface area contributed by atoms with E-state index in [1.807, 2.05) is 30.3 Å². The van der Waals surface area contributed by atoms with Gasteiger partial charge in [-0.15, -0.1) is 0 Å². The molecular weight excluding hydrogens is 447 g/mol. The predicted octanol–water partition coefficient (Wildman–Crippen LogP) is 3.94. The normalized spacial score (nSPS) is 11.2. The molecule has 0 aliphatic rings. The highest BCUT2D eigenvalue weighted by Gasteiger charge is 2.17. The number of phosphoric acid groups is 1. The van der Waals surface area contributed by atoms with Gasteiger partial charge in [-0.3, -0.25) is 14.6 Å². The minimum absolute atomic E-state index is 0.00911. The Bertz CT molecular complexity index is 1080. The Hall–Kier alpha value is -2.64. The number of primary amides is 1. The summed E-state index contributed by atoms with van der Waals surface area (Å²) in [6.45, 7) is 0. The molecule has 0 aliphatic heterocycles. The van der Waals surface area contributed by atoms with E-state index in [1.165, 1.54) is 12.1 Å². The van der Waals surface area contributed by atoms with Gasteiger partial charge in [-0.25, -0.2) is 4.57 Å². The number of hydrogen-bond donors (Lipinski definition) is 4. The highest BCUT2D eigenvalue weighted by molar-refractivity contribution is 9.10. The van der Waals surface area contributed by atoms with E-state index >= 15 is 0 Å². The van der Waals surface area contributed by atoms with Crippen molar-refractivity contribution >= 4 is 35.3 Å². The van der Waals surface area contributed by atoms with E-state index in [9.17, 15) is 9.36 Å². The van der Waals surface area contributed by atoms with E-state index in [2.05, 4.69) is 20.5 Å². The molecule has 1 amide bonds. The van der Waals surface area contributed by atoms with Crippen LogP contribution in [0.4, 0.5) is 5.69 Å². The zero-order valence-corrected chi connectivity index (χ0v) is 16.9. The molecule has 3 aromatic carbocycles. The third-order valence-corrected chi connectivity index (χ3v) is 4.99. The van der Waals surface area contributed by atoms with Crippen LogP contribution in [0.25, 0.3) is 22.3 Å². The number of rotatable bonds is 5. The first kappa shape index (κ1) is 20.1. The SMILES string of the molecule is NC(=O)c1cc(-c2ccc(Br)cc2)cc(-c2ccc(OP(=O)(O)O)cc2)c1N. The Balaban J connectivity index is 2.10. The van der Waals surface area contributed by atoms with Gasteiger partial charge in [0.1, 0.15) is 5.75 Å². The monoisotopic (exact) mass is 462 g/mol. The Morgan fingerprint density at radius 1 is 0.929 bits per heavy atom. The molecule has 0 aromatic heterocycles. The van der Waals surface area contributed by atoms with Gasteiger partial charge in [0.2, 0.25) is 0 Å². The van der Waals surface area contributed by atoms with Gasteiger partial charge in [0, 0.05) is 10.0 Å². The molecule has 0 radical (unpaired) electrons. The van der Waals surface area contributed by atoms with Crippen molar-refractivity contribution in [1.29, 1.82) is 0 Å². The standard InChI is InChI=1S/C19H16BrN2O5P/c20-14-5-1-11(2-6-14)13-9-16(18(21)17(10-13)19(22)23)12-3-7-15(8-4-12)27-28(24,25)26/h1-10H,21H2,(H2,22,23)(H2,24,25,26). The summed E-state index contributed by atoms with van der Waals surface area (Å²) < 4.78 is 16.4. The van der Waals surface area contributed by atoms with Crippen LogP contribution in [0.1, 0.15) is 10.4 Å². The van der Waals surface area contributed by atoms with Crippen LogP contribution in [-0.2, 0) is 4.57 Å². The summed E-state index contributed by atoms with van der Waals surface area (Å²) in [7, 11) is -4.65. The third-order valence-electron chi connectivity index (χ3n) is 4.01. The molecule has 6 N–H and O–H groups in total. The summed E-state index contributed by atoms with van der Waals surface area (Å²) in [5.41, 5.74) is 14.9. The van der Waals surface area contributed by atoms with Gasteiger partial charge in [-0.1, -0.05) is 40.2 Å². The molecule has 0 heterocycles. The summed E-state index contributed by atoms with van der Waals surface area (Å²) in [6.07, 6.45) is 0. The molecule has 0 unspecified atom stereocenters.